The summed E-state index contributed by atoms with van der Waals surface area (Å²) in [4.78, 5) is 8.26. The smallest absolute Gasteiger partial charge is 0.741 e. The van der Waals surface area contributed by atoms with Crippen LogP contribution < -0.4 is 10.9 Å². The van der Waals surface area contributed by atoms with Crippen molar-refractivity contribution in [1.82, 2.24) is 10.9 Å². The summed E-state index contributed by atoms with van der Waals surface area (Å²) in [6.45, 7) is 6.34. The molecule has 1 saturated carbocycles. The van der Waals surface area contributed by atoms with E-state index in [1.807, 2.05) is 32.0 Å². The van der Waals surface area contributed by atoms with Crippen LogP contribution in [0, 0.1) is 5.92 Å². The molecular formula is C20H28CuN6OS2. The first-order chi connectivity index (χ1) is 14.1. The van der Waals surface area contributed by atoms with Gasteiger partial charge in [0.25, 0.3) is 0 Å². The largest absolute Gasteiger partial charge is 2.00 e. The van der Waals surface area contributed by atoms with Gasteiger partial charge in [0.1, 0.15) is 0 Å². The number of hydrazone groups is 2. The van der Waals surface area contributed by atoms with E-state index in [0.29, 0.717) is 36.6 Å². The van der Waals surface area contributed by atoms with Gasteiger partial charge in [0.05, 0.1) is 18.0 Å². The summed E-state index contributed by atoms with van der Waals surface area (Å²) in [5, 5.41) is 9.66. The molecule has 1 aliphatic carbocycles. The van der Waals surface area contributed by atoms with Gasteiger partial charge in [-0.3, -0.25) is 20.8 Å². The number of aliphatic imine (C=N–C) groups is 2. The van der Waals surface area contributed by atoms with Gasteiger partial charge < -0.3 is 30.0 Å². The summed E-state index contributed by atoms with van der Waals surface area (Å²) in [6.07, 6.45) is 2.61. The number of hydrogen-bond acceptors (Lipinski definition) is 7. The van der Waals surface area contributed by atoms with Crippen LogP contribution in [-0.4, -0.2) is 41.5 Å². The van der Waals surface area contributed by atoms with Crippen LogP contribution in [0.1, 0.15) is 38.7 Å². The van der Waals surface area contributed by atoms with Crippen LogP contribution in [0.15, 0.2) is 50.5 Å². The normalized spacial score (nSPS) is 19.7. The van der Waals surface area contributed by atoms with Gasteiger partial charge in [-0.1, -0.05) is 30.3 Å². The maximum Gasteiger partial charge on any atom is 2.00 e. The van der Waals surface area contributed by atoms with Gasteiger partial charge in [-0.25, -0.2) is 0 Å². The number of nitrogens with one attached hydrogen (secondary N) is 2. The maximum absolute atomic E-state index is 5.85. The molecule has 7 nitrogen and oxygen atoms in total. The van der Waals surface area contributed by atoms with Crippen LogP contribution in [0.2, 0.25) is 0 Å². The zero-order valence-corrected chi connectivity index (χ0v) is 19.8. The monoisotopic (exact) mass is 495 g/mol. The number of hydrogen-bond donors (Lipinski definition) is 2. The molecule has 0 aliphatic heterocycles. The first-order valence-electron chi connectivity index (χ1n) is 9.85. The molecule has 0 bridgehead atoms. The van der Waals surface area contributed by atoms with E-state index in [4.69, 9.17) is 30.0 Å². The van der Waals surface area contributed by atoms with Crippen LogP contribution in [0.4, 0.5) is 0 Å². The van der Waals surface area contributed by atoms with Crippen LogP contribution in [0.5, 0.6) is 0 Å². The Labute approximate surface area is 200 Å². The van der Waals surface area contributed by atoms with Crippen LogP contribution in [-0.2, 0) is 53.7 Å². The fourth-order valence-electron chi connectivity index (χ4n) is 2.93. The third-order valence-electron chi connectivity index (χ3n) is 4.30. The van der Waals surface area contributed by atoms with E-state index in [2.05, 4.69) is 43.2 Å². The van der Waals surface area contributed by atoms with Crippen molar-refractivity contribution in [3.05, 3.63) is 35.9 Å². The molecular weight excluding hydrogens is 468 g/mol. The molecule has 0 aromatic heterocycles. The van der Waals surface area contributed by atoms with E-state index >= 15 is 0 Å². The minimum Gasteiger partial charge on any atom is -0.741 e. The number of amidine groups is 2. The van der Waals surface area contributed by atoms with Crippen molar-refractivity contribution in [3.8, 4) is 0 Å². The van der Waals surface area contributed by atoms with Crippen molar-refractivity contribution in [3.63, 3.8) is 0 Å². The molecule has 1 fully saturated rings. The van der Waals surface area contributed by atoms with Crippen LogP contribution in [0.3, 0.4) is 0 Å². The van der Waals surface area contributed by atoms with E-state index in [9.17, 15) is 0 Å². The number of nitrogens with zero attached hydrogens (tertiary/aromatic N) is 4. The number of ether oxygens (including phenoxy) is 1. The summed E-state index contributed by atoms with van der Waals surface area (Å²) >= 11 is 10.3. The van der Waals surface area contributed by atoms with E-state index < -0.39 is 0 Å². The molecule has 1 aliphatic rings. The molecule has 0 unspecified atom stereocenters. The summed E-state index contributed by atoms with van der Waals surface area (Å²) in [7, 11) is 0. The summed E-state index contributed by atoms with van der Waals surface area (Å²) < 4.78 is 5.85. The Morgan fingerprint density at radius 1 is 1.03 bits per heavy atom. The number of rotatable bonds is 9. The molecule has 0 amide bonds. The second-order valence-corrected chi connectivity index (χ2v) is 7.17. The Bertz CT molecular complexity index is 755. The third-order valence-corrected chi connectivity index (χ3v) is 4.74. The van der Waals surface area contributed by atoms with Gasteiger partial charge >= 0.3 is 17.1 Å². The molecule has 0 spiro atoms. The van der Waals surface area contributed by atoms with Gasteiger partial charge in [-0.05, 0) is 49.0 Å². The average molecular weight is 496 g/mol. The van der Waals surface area contributed by atoms with Crippen molar-refractivity contribution in [1.29, 1.82) is 0 Å². The van der Waals surface area contributed by atoms with Crippen molar-refractivity contribution < 1.29 is 21.8 Å². The van der Waals surface area contributed by atoms with Gasteiger partial charge in [0.2, 0.25) is 0 Å². The van der Waals surface area contributed by atoms with Gasteiger partial charge in [0.15, 0.2) is 0 Å². The predicted octanol–water partition coefficient (Wildman–Crippen LogP) is 2.74. The molecule has 1 atom stereocenters. The Morgan fingerprint density at radius 2 is 1.67 bits per heavy atom. The summed E-state index contributed by atoms with van der Waals surface area (Å²) in [5.41, 5.74) is 8.59. The molecule has 10 heteroatoms. The molecule has 0 heterocycles. The van der Waals surface area contributed by atoms with Crippen molar-refractivity contribution in [2.45, 2.75) is 39.7 Å². The van der Waals surface area contributed by atoms with E-state index in [0.717, 1.165) is 30.7 Å². The van der Waals surface area contributed by atoms with Gasteiger partial charge in [-0.2, -0.15) is 10.2 Å². The molecule has 2 N–H and O–H groups in total. The van der Waals surface area contributed by atoms with Crippen molar-refractivity contribution in [2.75, 3.05) is 19.7 Å². The molecule has 1 aromatic rings. The summed E-state index contributed by atoms with van der Waals surface area (Å²) in [5.74, 6) is 0.236. The minimum absolute atomic E-state index is 0. The SMILES string of the molecule is CCN=C([S-])N/N=C1\CC[C@H](CCOCc2ccccc2)\C1=N/NC([S-])=NCC.[Cu+2]. The fraction of sp³-hybridized carbons (Fsp3) is 0.500. The minimum atomic E-state index is 0. The Morgan fingerprint density at radius 3 is 2.30 bits per heavy atom. The standard InChI is InChI=1S/C20H30N6OS2.Cu/c1-3-21-19(28)25-23-17-11-10-16(18(17)24-26-20(29)22-4-2)12-13-27-14-15-8-6-5-7-9-15;/h5-9,16H,3-4,10-14H2,1-2H3,(H2,21,25,28)(H2,22,26,29);/q;+2/p-2/b23-17+,24-18+;/t16-;/m1./s1. The zero-order chi connectivity index (χ0) is 20.9. The van der Waals surface area contributed by atoms with Crippen LogP contribution >= 0.6 is 0 Å². The second kappa shape index (κ2) is 15.3. The summed E-state index contributed by atoms with van der Waals surface area (Å²) in [6, 6.07) is 10.2. The third kappa shape index (κ3) is 9.49. The van der Waals surface area contributed by atoms with Crippen molar-refractivity contribution in [2.24, 2.45) is 26.1 Å². The van der Waals surface area contributed by atoms with Gasteiger partial charge in [0, 0.05) is 25.6 Å². The van der Waals surface area contributed by atoms with E-state index in [1.54, 1.807) is 0 Å². The zero-order valence-electron chi connectivity index (χ0n) is 17.2. The number of benzene rings is 1. The van der Waals surface area contributed by atoms with Crippen molar-refractivity contribution >= 4 is 47.0 Å². The average Bonchev–Trinajstić information content (AvgIpc) is 3.11. The van der Waals surface area contributed by atoms with Crippen LogP contribution in [0.25, 0.3) is 0 Å². The van der Waals surface area contributed by atoms with E-state index in [1.165, 1.54) is 5.56 Å². The molecule has 167 valence electrons. The van der Waals surface area contributed by atoms with Gasteiger partial charge in [-0.15, -0.1) is 0 Å². The first-order valence-corrected chi connectivity index (χ1v) is 10.7. The van der Waals surface area contributed by atoms with E-state index in [-0.39, 0.29) is 23.0 Å². The Kier molecular flexibility index (Phi) is 13.5. The first kappa shape index (κ1) is 26.5. The molecule has 30 heavy (non-hydrogen) atoms. The molecule has 0 saturated heterocycles. The molecule has 1 aromatic carbocycles. The maximum atomic E-state index is 5.85. The Hall–Kier alpha value is -1.58. The fourth-order valence-corrected chi connectivity index (χ4v) is 3.28. The quantitative estimate of drug-likeness (QED) is 0.137. The predicted molar refractivity (Wildman–Crippen MR) is 125 cm³/mol. The Balaban J connectivity index is 0.00000450. The second-order valence-electron chi connectivity index (χ2n) is 6.40. The molecule has 2 rings (SSSR count). The molecule has 1 radical (unpaired) electrons. The topological polar surface area (TPSA) is 82.7 Å².